The Labute approximate surface area is 244 Å². The van der Waals surface area contributed by atoms with Crippen molar-refractivity contribution >= 4 is 11.9 Å². The molecule has 0 aliphatic heterocycles. The maximum absolute atomic E-state index is 11.8. The zero-order chi connectivity index (χ0) is 29.2. The Bertz CT molecular complexity index is 531. The summed E-state index contributed by atoms with van der Waals surface area (Å²) in [4.78, 5) is 22.9. The van der Waals surface area contributed by atoms with E-state index in [1.807, 2.05) is 0 Å². The van der Waals surface area contributed by atoms with Gasteiger partial charge in [-0.15, -0.1) is 0 Å². The molecule has 9 heteroatoms. The molecule has 0 aromatic heterocycles. The Morgan fingerprint density at radius 2 is 0.725 bits per heavy atom. The van der Waals surface area contributed by atoms with E-state index < -0.39 is 0 Å². The number of carbonyl (C=O) groups excluding carboxylic acids is 2. The molecule has 0 aromatic carbocycles. The average molecular weight is 577 g/mol. The number of hydrogen-bond acceptors (Lipinski definition) is 9. The van der Waals surface area contributed by atoms with Gasteiger partial charge in [-0.1, -0.05) is 84.0 Å². The van der Waals surface area contributed by atoms with Crippen molar-refractivity contribution in [2.75, 3.05) is 79.3 Å². The van der Waals surface area contributed by atoms with Crippen LogP contribution in [0.25, 0.3) is 0 Å². The molecule has 0 spiro atoms. The summed E-state index contributed by atoms with van der Waals surface area (Å²) >= 11 is 0. The fourth-order valence-corrected chi connectivity index (χ4v) is 3.94. The van der Waals surface area contributed by atoms with E-state index >= 15 is 0 Å². The molecule has 0 heterocycles. The number of hydrogen-bond donors (Lipinski definition) is 0. The molecule has 0 aromatic rings. The van der Waals surface area contributed by atoms with Crippen molar-refractivity contribution < 1.29 is 42.7 Å². The van der Waals surface area contributed by atoms with Gasteiger partial charge < -0.3 is 33.2 Å². The van der Waals surface area contributed by atoms with Crippen LogP contribution in [0.2, 0.25) is 0 Å². The quantitative estimate of drug-likeness (QED) is 0.0683. The molecule has 0 N–H and O–H groups in total. The van der Waals surface area contributed by atoms with Gasteiger partial charge in [-0.2, -0.15) is 0 Å². The van der Waals surface area contributed by atoms with Crippen LogP contribution in [0.3, 0.4) is 0 Å². The summed E-state index contributed by atoms with van der Waals surface area (Å²) in [6, 6.07) is 0. The highest BCUT2D eigenvalue weighted by Gasteiger charge is 2.03. The monoisotopic (exact) mass is 576 g/mol. The normalized spacial score (nSPS) is 11.2. The van der Waals surface area contributed by atoms with Gasteiger partial charge in [0.2, 0.25) is 0 Å². The van der Waals surface area contributed by atoms with Gasteiger partial charge in [-0.3, -0.25) is 9.59 Å². The molecule has 0 aliphatic rings. The van der Waals surface area contributed by atoms with Crippen LogP contribution in [0.1, 0.15) is 110 Å². The van der Waals surface area contributed by atoms with Crippen LogP contribution in [0.15, 0.2) is 0 Å². The maximum Gasteiger partial charge on any atom is 0.308 e. The zero-order valence-corrected chi connectivity index (χ0v) is 25.8. The van der Waals surface area contributed by atoms with Gasteiger partial charge in [0.15, 0.2) is 0 Å². The molecule has 0 aliphatic carbocycles. The minimum atomic E-state index is -0.248. The van der Waals surface area contributed by atoms with E-state index in [1.165, 1.54) is 70.6 Å². The van der Waals surface area contributed by atoms with Crippen molar-refractivity contribution in [3.05, 3.63) is 0 Å². The van der Waals surface area contributed by atoms with Crippen molar-refractivity contribution in [1.82, 2.24) is 0 Å². The fraction of sp³-hybridized carbons (Fsp3) is 0.935. The van der Waals surface area contributed by atoms with Crippen molar-refractivity contribution in [2.45, 2.75) is 110 Å². The largest absolute Gasteiger partial charge is 0.466 e. The van der Waals surface area contributed by atoms with Gasteiger partial charge in [0.05, 0.1) is 79.1 Å². The predicted molar refractivity (Wildman–Crippen MR) is 157 cm³/mol. The average Bonchev–Trinajstić information content (AvgIpc) is 2.95. The molecular formula is C31H60O9. The standard InChI is InChI=1S/C31H60O9/c1-3-5-6-7-8-9-10-11-12-13-14-15-16-17-30(32)40-29-28-38-27-26-37-25-24-36-23-22-35-21-20-34-19-18-31(33)39-4-2/h3-29H2,1-2H3. The highest BCUT2D eigenvalue weighted by Crippen LogP contribution is 2.13. The van der Waals surface area contributed by atoms with E-state index in [4.69, 9.17) is 33.2 Å². The molecule has 0 bridgehead atoms. The summed E-state index contributed by atoms with van der Waals surface area (Å²) < 4.78 is 37.0. The minimum Gasteiger partial charge on any atom is -0.466 e. The second-order valence-electron chi connectivity index (χ2n) is 9.83. The van der Waals surface area contributed by atoms with Crippen LogP contribution in [0.4, 0.5) is 0 Å². The van der Waals surface area contributed by atoms with Gasteiger partial charge in [-0.25, -0.2) is 0 Å². The minimum absolute atomic E-state index is 0.134. The molecular weight excluding hydrogens is 516 g/mol. The van der Waals surface area contributed by atoms with Gasteiger partial charge in [-0.05, 0) is 13.3 Å². The third kappa shape index (κ3) is 32.9. The van der Waals surface area contributed by atoms with E-state index in [0.717, 1.165) is 12.8 Å². The third-order valence-corrected chi connectivity index (χ3v) is 6.22. The first kappa shape index (κ1) is 38.7. The Balaban J connectivity index is 3.16. The van der Waals surface area contributed by atoms with Crippen molar-refractivity contribution in [1.29, 1.82) is 0 Å². The second-order valence-corrected chi connectivity index (χ2v) is 9.83. The molecule has 0 rings (SSSR count). The lowest BCUT2D eigenvalue weighted by atomic mass is 10.0. The maximum atomic E-state index is 11.8. The molecule has 0 radical (unpaired) electrons. The number of rotatable bonds is 33. The first-order valence-corrected chi connectivity index (χ1v) is 15.9. The first-order valence-electron chi connectivity index (χ1n) is 15.9. The highest BCUT2D eigenvalue weighted by molar-refractivity contribution is 5.69. The topological polar surface area (TPSA) is 98.8 Å². The molecule has 0 amide bonds. The molecule has 0 fully saturated rings. The van der Waals surface area contributed by atoms with Gasteiger partial charge in [0.25, 0.3) is 0 Å². The summed E-state index contributed by atoms with van der Waals surface area (Å²) in [6.07, 6.45) is 17.6. The lowest BCUT2D eigenvalue weighted by Crippen LogP contribution is -2.15. The number of unbranched alkanes of at least 4 members (excludes halogenated alkanes) is 12. The third-order valence-electron chi connectivity index (χ3n) is 6.22. The Morgan fingerprint density at radius 1 is 0.375 bits per heavy atom. The van der Waals surface area contributed by atoms with Crippen LogP contribution in [-0.2, 0) is 42.7 Å². The fourth-order valence-electron chi connectivity index (χ4n) is 3.94. The number of ether oxygens (including phenoxy) is 7. The van der Waals surface area contributed by atoms with E-state index in [2.05, 4.69) is 6.92 Å². The Hall–Kier alpha value is -1.26. The molecule has 0 unspecified atom stereocenters. The van der Waals surface area contributed by atoms with E-state index in [1.54, 1.807) is 6.92 Å². The van der Waals surface area contributed by atoms with E-state index in [0.29, 0.717) is 79.1 Å². The van der Waals surface area contributed by atoms with Crippen LogP contribution < -0.4 is 0 Å². The van der Waals surface area contributed by atoms with Gasteiger partial charge >= 0.3 is 11.9 Å². The number of esters is 2. The molecule has 0 atom stereocenters. The second kappa shape index (κ2) is 33.9. The summed E-state index contributed by atoms with van der Waals surface area (Å²) in [5.74, 6) is -0.382. The lowest BCUT2D eigenvalue weighted by Gasteiger charge is -2.08. The predicted octanol–water partition coefficient (Wildman–Crippen LogP) is 6.05. The van der Waals surface area contributed by atoms with E-state index in [9.17, 15) is 9.59 Å². The summed E-state index contributed by atoms with van der Waals surface area (Å²) in [5.41, 5.74) is 0. The van der Waals surface area contributed by atoms with Crippen molar-refractivity contribution in [3.63, 3.8) is 0 Å². The highest BCUT2D eigenvalue weighted by atomic mass is 16.6. The van der Waals surface area contributed by atoms with Gasteiger partial charge in [0, 0.05) is 6.42 Å². The summed E-state index contributed by atoms with van der Waals surface area (Å²) in [7, 11) is 0. The molecule has 9 nitrogen and oxygen atoms in total. The van der Waals surface area contributed by atoms with Crippen LogP contribution in [0.5, 0.6) is 0 Å². The molecule has 238 valence electrons. The Morgan fingerprint density at radius 3 is 1.15 bits per heavy atom. The van der Waals surface area contributed by atoms with Crippen molar-refractivity contribution in [2.24, 2.45) is 0 Å². The van der Waals surface area contributed by atoms with E-state index in [-0.39, 0.29) is 25.0 Å². The summed E-state index contributed by atoms with van der Waals surface area (Å²) in [5, 5.41) is 0. The lowest BCUT2D eigenvalue weighted by molar-refractivity contribution is -0.146. The molecule has 0 saturated carbocycles. The molecule has 40 heavy (non-hydrogen) atoms. The number of carbonyl (C=O) groups is 2. The Kier molecular flexibility index (Phi) is 32.9. The zero-order valence-electron chi connectivity index (χ0n) is 25.8. The van der Waals surface area contributed by atoms with Crippen LogP contribution >= 0.6 is 0 Å². The van der Waals surface area contributed by atoms with Gasteiger partial charge in [0.1, 0.15) is 6.61 Å². The van der Waals surface area contributed by atoms with Crippen LogP contribution in [-0.4, -0.2) is 91.2 Å². The SMILES string of the molecule is CCCCCCCCCCCCCCCC(=O)OCCOCCOCCOCCOCCOCCC(=O)OCC. The first-order chi connectivity index (χ1) is 19.7. The van der Waals surface area contributed by atoms with Crippen LogP contribution in [0, 0.1) is 0 Å². The smallest absolute Gasteiger partial charge is 0.308 e. The molecule has 0 saturated heterocycles. The summed E-state index contributed by atoms with van der Waals surface area (Å²) in [6.45, 7) is 9.16. The van der Waals surface area contributed by atoms with Crippen molar-refractivity contribution in [3.8, 4) is 0 Å².